The Kier molecular flexibility index (Phi) is 4.97. The normalized spacial score (nSPS) is 27.0. The largest absolute Gasteiger partial charge is 0.364 e. The summed E-state index contributed by atoms with van der Waals surface area (Å²) >= 11 is 7.52. The van der Waals surface area contributed by atoms with Crippen LogP contribution in [0.3, 0.4) is 0 Å². The average molecular weight is 416 g/mol. The zero-order chi connectivity index (χ0) is 15.0. The molecule has 0 aliphatic carbocycles. The third kappa shape index (κ3) is 3.18. The van der Waals surface area contributed by atoms with Gasteiger partial charge in [0.25, 0.3) is 0 Å². The Hall–Kier alpha value is -0.0600. The second-order valence-corrected chi connectivity index (χ2v) is 8.39. The Bertz CT molecular complexity index is 483. The van der Waals surface area contributed by atoms with Gasteiger partial charge in [0.15, 0.2) is 0 Å². The molecular weight excluding hydrogens is 392 g/mol. The number of halogens is 2. The Balaban J connectivity index is 1.94. The number of piperazine rings is 1. The molecule has 116 valence electrons. The van der Waals surface area contributed by atoms with Gasteiger partial charge >= 0.3 is 0 Å². The molecule has 0 radical (unpaired) electrons. The molecule has 2 unspecified atom stereocenters. The molecule has 0 N–H and O–H groups in total. The fourth-order valence-corrected chi connectivity index (χ4v) is 5.25. The maximum Gasteiger partial charge on any atom is 0.0658 e. The molecule has 1 aromatic rings. The van der Waals surface area contributed by atoms with Crippen LogP contribution in [0.5, 0.6) is 0 Å². The number of rotatable bonds is 2. The minimum Gasteiger partial charge on any atom is -0.364 e. The number of piperidine rings is 1. The first-order valence-corrected chi connectivity index (χ1v) is 9.61. The number of para-hydroxylation sites is 1. The molecule has 0 spiro atoms. The van der Waals surface area contributed by atoms with Crippen LogP contribution in [-0.2, 0) is 0 Å². The topological polar surface area (TPSA) is 6.48 Å². The van der Waals surface area contributed by atoms with Crippen molar-refractivity contribution in [1.29, 1.82) is 0 Å². The van der Waals surface area contributed by atoms with Gasteiger partial charge < -0.3 is 4.90 Å². The molecule has 4 heteroatoms. The van der Waals surface area contributed by atoms with E-state index in [-0.39, 0.29) is 0 Å². The van der Waals surface area contributed by atoms with Crippen molar-refractivity contribution in [3.63, 3.8) is 0 Å². The molecule has 0 saturated carbocycles. The van der Waals surface area contributed by atoms with Gasteiger partial charge in [-0.05, 0) is 69.3 Å². The smallest absolute Gasteiger partial charge is 0.0658 e. The highest BCUT2D eigenvalue weighted by atomic mass is 79.9. The Morgan fingerprint density at radius 1 is 1.10 bits per heavy atom. The third-order valence-electron chi connectivity index (χ3n) is 4.97. The second-order valence-electron chi connectivity index (χ2n) is 6.68. The molecule has 3 rings (SSSR count). The number of nitrogens with zero attached hydrogens (tertiary/aromatic N) is 2. The predicted molar refractivity (Wildman–Crippen MR) is 97.0 cm³/mol. The van der Waals surface area contributed by atoms with Crippen LogP contribution >= 0.6 is 31.9 Å². The highest BCUT2D eigenvalue weighted by molar-refractivity contribution is 9.11. The second kappa shape index (κ2) is 6.59. The summed E-state index contributed by atoms with van der Waals surface area (Å²) in [7, 11) is 0. The van der Waals surface area contributed by atoms with Gasteiger partial charge in [-0.25, -0.2) is 0 Å². The lowest BCUT2D eigenvalue weighted by Gasteiger charge is -2.51. The van der Waals surface area contributed by atoms with Gasteiger partial charge in [-0.2, -0.15) is 0 Å². The number of hydrogen-bond donors (Lipinski definition) is 0. The van der Waals surface area contributed by atoms with E-state index in [0.29, 0.717) is 12.0 Å². The fourth-order valence-electron chi connectivity index (χ4n) is 3.80. The van der Waals surface area contributed by atoms with Crippen LogP contribution in [0.1, 0.15) is 33.1 Å². The Morgan fingerprint density at radius 2 is 1.81 bits per heavy atom. The molecule has 2 aliphatic heterocycles. The Labute approximate surface area is 145 Å². The molecule has 2 atom stereocenters. The standard InChI is InChI=1S/C17H24Br2N2/c1-12(2)16-11-20-9-4-3-6-13(20)10-21(16)17-14(18)7-5-8-15(17)19/h5,7-8,12-13,16H,3-4,6,9-11H2,1-2H3. The number of benzene rings is 1. The van der Waals surface area contributed by atoms with E-state index in [9.17, 15) is 0 Å². The average Bonchev–Trinajstić information content (AvgIpc) is 2.46. The van der Waals surface area contributed by atoms with Gasteiger partial charge in [0.05, 0.1) is 5.69 Å². The summed E-state index contributed by atoms with van der Waals surface area (Å²) in [5.41, 5.74) is 1.33. The van der Waals surface area contributed by atoms with Crippen LogP contribution in [0.25, 0.3) is 0 Å². The van der Waals surface area contributed by atoms with Crippen LogP contribution in [0.4, 0.5) is 5.69 Å². The van der Waals surface area contributed by atoms with E-state index in [4.69, 9.17) is 0 Å². The van der Waals surface area contributed by atoms with Gasteiger partial charge in [0, 0.05) is 34.1 Å². The Morgan fingerprint density at radius 3 is 2.48 bits per heavy atom. The van der Waals surface area contributed by atoms with Crippen LogP contribution in [0, 0.1) is 5.92 Å². The van der Waals surface area contributed by atoms with Crippen molar-refractivity contribution in [3.8, 4) is 0 Å². The van der Waals surface area contributed by atoms with Crippen LogP contribution in [0.2, 0.25) is 0 Å². The van der Waals surface area contributed by atoms with Crippen molar-refractivity contribution in [2.75, 3.05) is 24.5 Å². The molecule has 2 saturated heterocycles. The monoisotopic (exact) mass is 414 g/mol. The lowest BCUT2D eigenvalue weighted by molar-refractivity contribution is 0.100. The van der Waals surface area contributed by atoms with E-state index >= 15 is 0 Å². The first-order valence-electron chi connectivity index (χ1n) is 8.02. The van der Waals surface area contributed by atoms with Crippen molar-refractivity contribution in [2.45, 2.75) is 45.2 Å². The third-order valence-corrected chi connectivity index (χ3v) is 6.25. The summed E-state index contributed by atoms with van der Waals surface area (Å²) in [6.45, 7) is 8.36. The van der Waals surface area contributed by atoms with Gasteiger partial charge in [0.2, 0.25) is 0 Å². The van der Waals surface area contributed by atoms with Crippen molar-refractivity contribution in [2.24, 2.45) is 5.92 Å². The molecule has 2 nitrogen and oxygen atoms in total. The van der Waals surface area contributed by atoms with Crippen LogP contribution in [0.15, 0.2) is 27.1 Å². The van der Waals surface area contributed by atoms with Gasteiger partial charge in [0.1, 0.15) is 0 Å². The van der Waals surface area contributed by atoms with Crippen molar-refractivity contribution < 1.29 is 0 Å². The zero-order valence-electron chi connectivity index (χ0n) is 12.9. The van der Waals surface area contributed by atoms with Gasteiger partial charge in [-0.15, -0.1) is 0 Å². The van der Waals surface area contributed by atoms with Gasteiger partial charge in [-0.1, -0.05) is 26.3 Å². The molecule has 0 amide bonds. The molecule has 21 heavy (non-hydrogen) atoms. The maximum absolute atomic E-state index is 3.76. The van der Waals surface area contributed by atoms with E-state index in [0.717, 1.165) is 12.6 Å². The maximum atomic E-state index is 3.76. The first-order chi connectivity index (χ1) is 10.1. The highest BCUT2D eigenvalue weighted by Crippen LogP contribution is 2.39. The molecular formula is C17H24Br2N2. The molecule has 2 heterocycles. The van der Waals surface area contributed by atoms with Crippen molar-refractivity contribution >= 4 is 37.5 Å². The summed E-state index contributed by atoms with van der Waals surface area (Å²) in [5.74, 6) is 0.659. The van der Waals surface area contributed by atoms with Gasteiger partial charge in [-0.3, -0.25) is 4.90 Å². The summed E-state index contributed by atoms with van der Waals surface area (Å²) in [5, 5.41) is 0. The van der Waals surface area contributed by atoms with E-state index in [1.165, 1.54) is 47.0 Å². The van der Waals surface area contributed by atoms with E-state index in [1.807, 2.05) is 0 Å². The highest BCUT2D eigenvalue weighted by Gasteiger charge is 2.37. The summed E-state index contributed by atoms with van der Waals surface area (Å²) in [6.07, 6.45) is 4.11. The lowest BCUT2D eigenvalue weighted by atomic mass is 9.91. The van der Waals surface area contributed by atoms with E-state index in [2.05, 4.69) is 73.7 Å². The molecule has 0 aromatic heterocycles. The van der Waals surface area contributed by atoms with Crippen molar-refractivity contribution in [1.82, 2.24) is 4.90 Å². The quantitative estimate of drug-likeness (QED) is 0.676. The van der Waals surface area contributed by atoms with E-state index < -0.39 is 0 Å². The summed E-state index contributed by atoms with van der Waals surface area (Å²) < 4.78 is 2.40. The predicted octanol–water partition coefficient (Wildman–Crippen LogP) is 4.91. The first kappa shape index (κ1) is 15.8. The van der Waals surface area contributed by atoms with E-state index in [1.54, 1.807) is 0 Å². The number of hydrogen-bond acceptors (Lipinski definition) is 2. The van der Waals surface area contributed by atoms with Crippen LogP contribution < -0.4 is 4.90 Å². The SMILES string of the molecule is CC(C)C1CN2CCCCC2CN1c1c(Br)cccc1Br. The summed E-state index contributed by atoms with van der Waals surface area (Å²) in [4.78, 5) is 5.38. The molecule has 0 bridgehead atoms. The molecule has 1 aromatic carbocycles. The lowest BCUT2D eigenvalue weighted by Crippen LogP contribution is -2.61. The minimum atomic E-state index is 0.592. The summed E-state index contributed by atoms with van der Waals surface area (Å²) in [6, 6.07) is 7.73. The zero-order valence-corrected chi connectivity index (χ0v) is 16.0. The van der Waals surface area contributed by atoms with Crippen molar-refractivity contribution in [3.05, 3.63) is 27.1 Å². The minimum absolute atomic E-state index is 0.592. The number of anilines is 1. The molecule has 2 fully saturated rings. The van der Waals surface area contributed by atoms with Crippen LogP contribution in [-0.4, -0.2) is 36.6 Å². The number of fused-ring (bicyclic) bond motifs is 1. The molecule has 2 aliphatic rings. The fraction of sp³-hybridized carbons (Fsp3) is 0.647.